The predicted molar refractivity (Wildman–Crippen MR) is 61.0 cm³/mol. The number of hydrogen-bond donors (Lipinski definition) is 0. The zero-order chi connectivity index (χ0) is 12.1. The molecule has 0 aliphatic rings. The highest BCUT2D eigenvalue weighted by Crippen LogP contribution is 2.18. The summed E-state index contributed by atoms with van der Waals surface area (Å²) in [5, 5.41) is 9.06. The van der Waals surface area contributed by atoms with Gasteiger partial charge < -0.3 is 4.74 Å². The van der Waals surface area contributed by atoms with Gasteiger partial charge in [-0.2, -0.15) is 5.26 Å². The van der Waals surface area contributed by atoms with Crippen LogP contribution in [-0.2, 0) is 16.0 Å². The number of aryl methyl sites for hydroxylation is 1. The molecule has 0 radical (unpaired) electrons. The fourth-order valence-corrected chi connectivity index (χ4v) is 1.54. The molecular formula is C13H15NO2. The molecule has 1 aromatic rings. The maximum absolute atomic E-state index is 11.3. The average molecular weight is 217 g/mol. The van der Waals surface area contributed by atoms with E-state index >= 15 is 0 Å². The molecule has 3 nitrogen and oxygen atoms in total. The average Bonchev–Trinajstić information content (AvgIpc) is 2.24. The van der Waals surface area contributed by atoms with Crippen LogP contribution in [0.2, 0.25) is 0 Å². The molecule has 16 heavy (non-hydrogen) atoms. The van der Waals surface area contributed by atoms with Gasteiger partial charge >= 0.3 is 5.97 Å². The molecule has 0 fully saturated rings. The van der Waals surface area contributed by atoms with E-state index in [1.165, 1.54) is 0 Å². The van der Waals surface area contributed by atoms with Crippen LogP contribution in [0.25, 0.3) is 0 Å². The van der Waals surface area contributed by atoms with Crippen LogP contribution < -0.4 is 0 Å². The number of ether oxygens (including phenoxy) is 1. The third-order valence-electron chi connectivity index (χ3n) is 2.57. The van der Waals surface area contributed by atoms with Crippen molar-refractivity contribution >= 4 is 5.97 Å². The topological polar surface area (TPSA) is 50.1 Å². The molecule has 0 spiro atoms. The first-order chi connectivity index (χ1) is 7.60. The van der Waals surface area contributed by atoms with Gasteiger partial charge in [0, 0.05) is 0 Å². The summed E-state index contributed by atoms with van der Waals surface area (Å²) in [5.74, 6) is -0.290. The van der Waals surface area contributed by atoms with Crippen molar-refractivity contribution in [2.24, 2.45) is 0 Å². The van der Waals surface area contributed by atoms with E-state index in [0.29, 0.717) is 12.2 Å². The van der Waals surface area contributed by atoms with E-state index in [0.717, 1.165) is 16.7 Å². The Morgan fingerprint density at radius 3 is 2.69 bits per heavy atom. The summed E-state index contributed by atoms with van der Waals surface area (Å²) in [6.07, 6.45) is 0.165. The highest BCUT2D eigenvalue weighted by Gasteiger charge is 2.11. The van der Waals surface area contributed by atoms with Crippen molar-refractivity contribution in [3.8, 4) is 6.07 Å². The van der Waals surface area contributed by atoms with Crippen molar-refractivity contribution in [1.29, 1.82) is 5.26 Å². The van der Waals surface area contributed by atoms with E-state index in [1.807, 2.05) is 26.0 Å². The second-order valence-corrected chi connectivity index (χ2v) is 3.64. The largest absolute Gasteiger partial charge is 0.466 e. The summed E-state index contributed by atoms with van der Waals surface area (Å²) in [6, 6.07) is 5.88. The highest BCUT2D eigenvalue weighted by molar-refractivity contribution is 5.74. The summed E-state index contributed by atoms with van der Waals surface area (Å²) in [5.41, 5.74) is 3.32. The lowest BCUT2D eigenvalue weighted by Gasteiger charge is -2.08. The molecule has 0 aromatic heterocycles. The molecule has 0 N–H and O–H groups in total. The number of carbonyl (C=O) groups is 1. The maximum Gasteiger partial charge on any atom is 0.310 e. The van der Waals surface area contributed by atoms with E-state index in [-0.39, 0.29) is 12.4 Å². The molecule has 0 heterocycles. The van der Waals surface area contributed by atoms with Gasteiger partial charge in [0.15, 0.2) is 0 Å². The fourth-order valence-electron chi connectivity index (χ4n) is 1.54. The monoisotopic (exact) mass is 217 g/mol. The van der Waals surface area contributed by atoms with Crippen LogP contribution in [0.5, 0.6) is 0 Å². The molecular weight excluding hydrogens is 202 g/mol. The second-order valence-electron chi connectivity index (χ2n) is 3.64. The fraction of sp³-hybridized carbons (Fsp3) is 0.385. The Hall–Kier alpha value is -1.82. The van der Waals surface area contributed by atoms with E-state index in [2.05, 4.69) is 6.07 Å². The number of nitrogens with zero attached hydrogens (tertiary/aromatic N) is 1. The van der Waals surface area contributed by atoms with Gasteiger partial charge in [-0.3, -0.25) is 4.79 Å². The number of carbonyl (C=O) groups excluding carboxylic acids is 1. The van der Waals surface area contributed by atoms with Gasteiger partial charge in [-0.25, -0.2) is 0 Å². The van der Waals surface area contributed by atoms with E-state index < -0.39 is 0 Å². The van der Waals surface area contributed by atoms with Gasteiger partial charge in [-0.05, 0) is 37.5 Å². The molecule has 1 aromatic carbocycles. The Morgan fingerprint density at radius 1 is 1.44 bits per heavy atom. The van der Waals surface area contributed by atoms with Crippen LogP contribution >= 0.6 is 0 Å². The first-order valence-corrected chi connectivity index (χ1v) is 5.25. The van der Waals surface area contributed by atoms with Crippen molar-refractivity contribution in [2.75, 3.05) is 6.61 Å². The number of benzene rings is 1. The summed E-state index contributed by atoms with van der Waals surface area (Å²) in [4.78, 5) is 11.3. The molecule has 0 amide bonds. The van der Waals surface area contributed by atoms with Gasteiger partial charge in [-0.1, -0.05) is 12.1 Å². The van der Waals surface area contributed by atoms with Crippen LogP contribution in [0.3, 0.4) is 0 Å². The zero-order valence-electron chi connectivity index (χ0n) is 9.83. The molecule has 84 valence electrons. The Labute approximate surface area is 95.7 Å². The van der Waals surface area contributed by atoms with Crippen LogP contribution in [0.4, 0.5) is 0 Å². The quantitative estimate of drug-likeness (QED) is 0.730. The Morgan fingerprint density at radius 2 is 2.12 bits per heavy atom. The first-order valence-electron chi connectivity index (χ1n) is 5.25. The molecule has 0 aliphatic carbocycles. The standard InChI is InChI=1S/C13H15NO2/c1-4-16-13(15)7-11-6-5-9(2)10(3)12(11)8-14/h5-6H,4,7H2,1-3H3. The minimum Gasteiger partial charge on any atom is -0.466 e. The lowest BCUT2D eigenvalue weighted by molar-refractivity contribution is -0.142. The normalized spacial score (nSPS) is 9.62. The number of esters is 1. The van der Waals surface area contributed by atoms with Gasteiger partial charge in [-0.15, -0.1) is 0 Å². The highest BCUT2D eigenvalue weighted by atomic mass is 16.5. The SMILES string of the molecule is CCOC(=O)Cc1ccc(C)c(C)c1C#N. The molecule has 1 rings (SSSR count). The summed E-state index contributed by atoms with van der Waals surface area (Å²) < 4.78 is 4.87. The first kappa shape index (κ1) is 12.3. The van der Waals surface area contributed by atoms with Crippen LogP contribution in [-0.4, -0.2) is 12.6 Å². The Kier molecular flexibility index (Phi) is 4.07. The Bertz CT molecular complexity index is 444. The molecule has 0 aliphatic heterocycles. The molecule has 3 heteroatoms. The van der Waals surface area contributed by atoms with Crippen molar-refractivity contribution in [3.63, 3.8) is 0 Å². The van der Waals surface area contributed by atoms with Gasteiger partial charge in [0.1, 0.15) is 0 Å². The second kappa shape index (κ2) is 5.32. The summed E-state index contributed by atoms with van der Waals surface area (Å²) in [7, 11) is 0. The van der Waals surface area contributed by atoms with E-state index in [9.17, 15) is 4.79 Å². The van der Waals surface area contributed by atoms with E-state index in [1.54, 1.807) is 6.92 Å². The van der Waals surface area contributed by atoms with Crippen molar-refractivity contribution in [2.45, 2.75) is 27.2 Å². The lowest BCUT2D eigenvalue weighted by atomic mass is 9.97. The van der Waals surface area contributed by atoms with Crippen LogP contribution in [0.15, 0.2) is 12.1 Å². The number of rotatable bonds is 3. The minimum absolute atomic E-state index is 0.165. The molecule has 0 saturated heterocycles. The van der Waals surface area contributed by atoms with Crippen molar-refractivity contribution in [1.82, 2.24) is 0 Å². The van der Waals surface area contributed by atoms with Gasteiger partial charge in [0.25, 0.3) is 0 Å². The zero-order valence-corrected chi connectivity index (χ0v) is 9.83. The van der Waals surface area contributed by atoms with Gasteiger partial charge in [0.05, 0.1) is 24.7 Å². The number of hydrogen-bond acceptors (Lipinski definition) is 3. The van der Waals surface area contributed by atoms with Crippen LogP contribution in [0.1, 0.15) is 29.2 Å². The predicted octanol–water partition coefficient (Wildman–Crippen LogP) is 2.28. The van der Waals surface area contributed by atoms with E-state index in [4.69, 9.17) is 10.00 Å². The van der Waals surface area contributed by atoms with Crippen LogP contribution in [0, 0.1) is 25.2 Å². The smallest absolute Gasteiger partial charge is 0.310 e. The summed E-state index contributed by atoms with van der Waals surface area (Å²) in [6.45, 7) is 5.97. The maximum atomic E-state index is 11.3. The molecule has 0 unspecified atom stereocenters. The minimum atomic E-state index is -0.290. The lowest BCUT2D eigenvalue weighted by Crippen LogP contribution is -2.09. The number of nitriles is 1. The third kappa shape index (κ3) is 2.60. The Balaban J connectivity index is 3.02. The van der Waals surface area contributed by atoms with Crippen molar-refractivity contribution < 1.29 is 9.53 Å². The third-order valence-corrected chi connectivity index (χ3v) is 2.57. The summed E-state index contributed by atoms with van der Waals surface area (Å²) >= 11 is 0. The van der Waals surface area contributed by atoms with Gasteiger partial charge in [0.2, 0.25) is 0 Å². The molecule has 0 bridgehead atoms. The molecule has 0 atom stereocenters. The van der Waals surface area contributed by atoms with Crippen molar-refractivity contribution in [3.05, 3.63) is 34.4 Å². The molecule has 0 saturated carbocycles.